The van der Waals surface area contributed by atoms with Gasteiger partial charge in [0.1, 0.15) is 6.04 Å². The van der Waals surface area contributed by atoms with Gasteiger partial charge in [-0.25, -0.2) is 10.3 Å². The van der Waals surface area contributed by atoms with Crippen LogP contribution in [0.1, 0.15) is 16.8 Å². The number of carbonyl (C=O) groups is 3. The molecule has 0 aliphatic carbocycles. The van der Waals surface area contributed by atoms with Gasteiger partial charge in [0.2, 0.25) is 11.7 Å². The van der Waals surface area contributed by atoms with Gasteiger partial charge in [0.15, 0.2) is 11.5 Å². The van der Waals surface area contributed by atoms with Gasteiger partial charge in [0.05, 0.1) is 38.4 Å². The highest BCUT2D eigenvalue weighted by Crippen LogP contribution is 2.38. The van der Waals surface area contributed by atoms with Gasteiger partial charge in [-0.15, -0.1) is 0 Å². The van der Waals surface area contributed by atoms with E-state index in [1.807, 2.05) is 0 Å². The number of hydrogen-bond donors (Lipinski definition) is 2. The summed E-state index contributed by atoms with van der Waals surface area (Å²) in [7, 11) is 4.24. The van der Waals surface area contributed by atoms with E-state index in [1.54, 1.807) is 0 Å². The molecule has 1 unspecified atom stereocenters. The van der Waals surface area contributed by atoms with Crippen molar-refractivity contribution in [2.45, 2.75) is 12.5 Å². The molecular formula is C20H20N4O8. The second-order valence-electron chi connectivity index (χ2n) is 6.61. The van der Waals surface area contributed by atoms with Crippen LogP contribution in [0.25, 0.3) is 0 Å². The Labute approximate surface area is 182 Å². The maximum Gasteiger partial charge on any atom is 0.271 e. The summed E-state index contributed by atoms with van der Waals surface area (Å²) in [6.07, 6.45) is -0.239. The van der Waals surface area contributed by atoms with Crippen LogP contribution in [-0.4, -0.2) is 50.0 Å². The van der Waals surface area contributed by atoms with Crippen molar-refractivity contribution in [1.29, 1.82) is 0 Å². The highest BCUT2D eigenvalue weighted by molar-refractivity contribution is 6.22. The first-order chi connectivity index (χ1) is 15.3. The fraction of sp³-hybridized carbons (Fsp3) is 0.250. The zero-order valence-corrected chi connectivity index (χ0v) is 17.4. The van der Waals surface area contributed by atoms with Crippen molar-refractivity contribution in [3.63, 3.8) is 0 Å². The van der Waals surface area contributed by atoms with Crippen molar-refractivity contribution < 1.29 is 33.5 Å². The fourth-order valence-electron chi connectivity index (χ4n) is 3.20. The minimum atomic E-state index is -1.05. The number of nitro groups is 1. The minimum absolute atomic E-state index is 0.0782. The molecule has 1 aliphatic rings. The fourth-order valence-corrected chi connectivity index (χ4v) is 3.20. The van der Waals surface area contributed by atoms with Gasteiger partial charge in [-0.05, 0) is 18.2 Å². The minimum Gasteiger partial charge on any atom is -0.493 e. The summed E-state index contributed by atoms with van der Waals surface area (Å²) < 4.78 is 15.6. The van der Waals surface area contributed by atoms with E-state index in [1.165, 1.54) is 51.7 Å². The van der Waals surface area contributed by atoms with Crippen LogP contribution >= 0.6 is 0 Å². The second kappa shape index (κ2) is 9.31. The number of amides is 3. The number of ether oxygens (including phenoxy) is 3. The lowest BCUT2D eigenvalue weighted by molar-refractivity contribution is -0.384. The number of imide groups is 1. The van der Waals surface area contributed by atoms with Gasteiger partial charge in [0.25, 0.3) is 17.5 Å². The van der Waals surface area contributed by atoms with E-state index >= 15 is 0 Å². The molecule has 0 spiro atoms. The van der Waals surface area contributed by atoms with Crippen LogP contribution in [0.5, 0.6) is 17.2 Å². The lowest BCUT2D eigenvalue weighted by Crippen LogP contribution is -2.48. The van der Waals surface area contributed by atoms with Crippen LogP contribution in [0.2, 0.25) is 0 Å². The first-order valence-corrected chi connectivity index (χ1v) is 9.27. The highest BCUT2D eigenvalue weighted by atomic mass is 16.6. The smallest absolute Gasteiger partial charge is 0.271 e. The molecule has 2 aromatic rings. The molecule has 1 fully saturated rings. The summed E-state index contributed by atoms with van der Waals surface area (Å²) in [4.78, 5) is 48.8. The van der Waals surface area contributed by atoms with E-state index in [-0.39, 0.29) is 34.9 Å². The number of nitro benzene ring substituents is 1. The first-order valence-electron chi connectivity index (χ1n) is 9.27. The maximum absolute atomic E-state index is 12.7. The zero-order chi connectivity index (χ0) is 23.4. The molecule has 12 heteroatoms. The SMILES string of the molecule is COc1cc(C(=O)NNC2CC(=O)N(c3cccc([N+](=O)[O-])c3)C2=O)cc(OC)c1OC. The third kappa shape index (κ3) is 4.30. The Morgan fingerprint density at radius 3 is 2.31 bits per heavy atom. The Balaban J connectivity index is 1.73. The van der Waals surface area contributed by atoms with Gasteiger partial charge in [-0.3, -0.25) is 29.9 Å². The van der Waals surface area contributed by atoms with Crippen LogP contribution in [0.3, 0.4) is 0 Å². The van der Waals surface area contributed by atoms with Crippen molar-refractivity contribution in [2.24, 2.45) is 0 Å². The average Bonchev–Trinajstić information content (AvgIpc) is 3.09. The average molecular weight is 444 g/mol. The van der Waals surface area contributed by atoms with E-state index in [0.717, 1.165) is 11.0 Å². The van der Waals surface area contributed by atoms with Gasteiger partial charge in [-0.1, -0.05) is 6.07 Å². The molecule has 168 valence electrons. The predicted molar refractivity (Wildman–Crippen MR) is 111 cm³/mol. The molecule has 1 heterocycles. The van der Waals surface area contributed by atoms with Crippen LogP contribution in [0.15, 0.2) is 36.4 Å². The summed E-state index contributed by atoms with van der Waals surface area (Å²) in [5.41, 5.74) is 4.90. The van der Waals surface area contributed by atoms with Crippen LogP contribution < -0.4 is 30.0 Å². The van der Waals surface area contributed by atoms with E-state index in [2.05, 4.69) is 10.9 Å². The molecule has 2 N–H and O–H groups in total. The molecule has 0 radical (unpaired) electrons. The number of benzene rings is 2. The van der Waals surface area contributed by atoms with Crippen LogP contribution in [0.4, 0.5) is 11.4 Å². The number of anilines is 1. The number of methoxy groups -OCH3 is 3. The number of rotatable bonds is 8. The van der Waals surface area contributed by atoms with Crippen LogP contribution in [0, 0.1) is 10.1 Å². The molecule has 12 nitrogen and oxygen atoms in total. The number of hydrazine groups is 1. The van der Waals surface area contributed by atoms with E-state index in [9.17, 15) is 24.5 Å². The Morgan fingerprint density at radius 2 is 1.75 bits per heavy atom. The summed E-state index contributed by atoms with van der Waals surface area (Å²) in [6, 6.07) is 6.98. The highest BCUT2D eigenvalue weighted by Gasteiger charge is 2.40. The number of hydrogen-bond acceptors (Lipinski definition) is 9. The normalized spacial score (nSPS) is 15.5. The summed E-state index contributed by atoms with van der Waals surface area (Å²) >= 11 is 0. The van der Waals surface area contributed by atoms with Gasteiger partial charge < -0.3 is 14.2 Å². The third-order valence-corrected chi connectivity index (χ3v) is 4.73. The molecule has 1 saturated heterocycles. The number of nitrogens with one attached hydrogen (secondary N) is 2. The van der Waals surface area contributed by atoms with Gasteiger partial charge in [0, 0.05) is 17.7 Å². The number of carbonyl (C=O) groups excluding carboxylic acids is 3. The lowest BCUT2D eigenvalue weighted by atomic mass is 10.1. The van der Waals surface area contributed by atoms with Crippen molar-refractivity contribution in [3.05, 3.63) is 52.1 Å². The maximum atomic E-state index is 12.7. The Bertz CT molecular complexity index is 1060. The summed E-state index contributed by atoms with van der Waals surface area (Å²) in [6.45, 7) is 0. The van der Waals surface area contributed by atoms with Crippen molar-refractivity contribution >= 4 is 29.1 Å². The molecule has 32 heavy (non-hydrogen) atoms. The second-order valence-corrected chi connectivity index (χ2v) is 6.61. The van der Waals surface area contributed by atoms with Gasteiger partial charge >= 0.3 is 0 Å². The molecular weight excluding hydrogens is 424 g/mol. The molecule has 3 amide bonds. The topological polar surface area (TPSA) is 149 Å². The first kappa shape index (κ1) is 22.5. The molecule has 1 atom stereocenters. The Hall–Kier alpha value is -4.19. The molecule has 3 rings (SSSR count). The van der Waals surface area contributed by atoms with E-state index in [4.69, 9.17) is 14.2 Å². The molecule has 2 aromatic carbocycles. The molecule has 0 aromatic heterocycles. The van der Waals surface area contributed by atoms with Crippen molar-refractivity contribution in [3.8, 4) is 17.2 Å². The summed E-state index contributed by atoms with van der Waals surface area (Å²) in [5.74, 6) is -0.986. The number of non-ortho nitro benzene ring substituents is 1. The Kier molecular flexibility index (Phi) is 6.54. The number of nitrogens with zero attached hydrogens (tertiary/aromatic N) is 2. The van der Waals surface area contributed by atoms with E-state index in [0.29, 0.717) is 5.75 Å². The summed E-state index contributed by atoms with van der Waals surface area (Å²) in [5, 5.41) is 11.0. The van der Waals surface area contributed by atoms with Crippen molar-refractivity contribution in [1.82, 2.24) is 10.9 Å². The predicted octanol–water partition coefficient (Wildman–Crippen LogP) is 1.19. The van der Waals surface area contributed by atoms with Crippen LogP contribution in [-0.2, 0) is 9.59 Å². The molecule has 1 aliphatic heterocycles. The molecule has 0 bridgehead atoms. The van der Waals surface area contributed by atoms with E-state index < -0.39 is 28.7 Å². The largest absolute Gasteiger partial charge is 0.493 e. The van der Waals surface area contributed by atoms with Crippen molar-refractivity contribution in [2.75, 3.05) is 26.2 Å². The standard InChI is InChI=1S/C20H20N4O8/c1-30-15-7-11(8-16(31-2)18(15)32-3)19(26)22-21-14-10-17(25)23(20(14)27)12-5-4-6-13(9-12)24(28)29/h4-9,14,21H,10H2,1-3H3,(H,22,26). The Morgan fingerprint density at radius 1 is 1.09 bits per heavy atom. The lowest BCUT2D eigenvalue weighted by Gasteiger charge is -2.16. The zero-order valence-electron chi connectivity index (χ0n) is 17.4. The third-order valence-electron chi connectivity index (χ3n) is 4.73. The molecule has 0 saturated carbocycles. The van der Waals surface area contributed by atoms with Gasteiger partial charge in [-0.2, -0.15) is 0 Å². The monoisotopic (exact) mass is 444 g/mol. The quantitative estimate of drug-likeness (QED) is 0.348.